The SMILES string of the molecule is CC(OC(=O)Nc1cnoc1-c1ccc(-c2ccc(CC(=O)O)cc2)c2c1OCO2)c1ccccc1. The van der Waals surface area contributed by atoms with Gasteiger partial charge in [-0.25, -0.2) is 4.79 Å². The standard InChI is InChI=1S/C27H22N2O7/c1-16(18-5-3-2-4-6-18)35-27(32)29-22-14-28-36-24(22)21-12-11-20(25-26(21)34-15-33-25)19-9-7-17(8-10-19)13-23(30)31/h2-12,14,16H,13,15H2,1H3,(H,29,32)(H,30,31). The van der Waals surface area contributed by atoms with E-state index in [1.54, 1.807) is 25.1 Å². The Hall–Kier alpha value is -4.79. The lowest BCUT2D eigenvalue weighted by molar-refractivity contribution is -0.136. The van der Waals surface area contributed by atoms with E-state index in [9.17, 15) is 9.59 Å². The predicted octanol–water partition coefficient (Wildman–Crippen LogP) is 5.67. The van der Waals surface area contributed by atoms with Crippen molar-refractivity contribution in [2.45, 2.75) is 19.4 Å². The lowest BCUT2D eigenvalue weighted by Crippen LogP contribution is -2.16. The van der Waals surface area contributed by atoms with Crippen molar-refractivity contribution >= 4 is 17.7 Å². The summed E-state index contributed by atoms with van der Waals surface area (Å²) in [6.07, 6.45) is 0.241. The van der Waals surface area contributed by atoms with Gasteiger partial charge in [0.2, 0.25) is 6.79 Å². The van der Waals surface area contributed by atoms with Crippen molar-refractivity contribution in [2.24, 2.45) is 0 Å². The van der Waals surface area contributed by atoms with Crippen molar-refractivity contribution in [1.29, 1.82) is 0 Å². The number of carboxylic acids is 1. The van der Waals surface area contributed by atoms with Crippen LogP contribution in [0.2, 0.25) is 0 Å². The smallest absolute Gasteiger partial charge is 0.412 e. The molecule has 4 aromatic rings. The predicted molar refractivity (Wildman–Crippen MR) is 130 cm³/mol. The highest BCUT2D eigenvalue weighted by molar-refractivity contribution is 5.92. The summed E-state index contributed by atoms with van der Waals surface area (Å²) in [7, 11) is 0. The molecule has 9 nitrogen and oxygen atoms in total. The Balaban J connectivity index is 1.38. The average Bonchev–Trinajstić information content (AvgIpc) is 3.54. The van der Waals surface area contributed by atoms with Crippen molar-refractivity contribution in [3.8, 4) is 33.9 Å². The summed E-state index contributed by atoms with van der Waals surface area (Å²) in [5.74, 6) is 0.373. The van der Waals surface area contributed by atoms with Gasteiger partial charge in [-0.1, -0.05) is 59.8 Å². The zero-order chi connectivity index (χ0) is 25.1. The molecule has 0 spiro atoms. The molecule has 0 radical (unpaired) electrons. The monoisotopic (exact) mass is 486 g/mol. The zero-order valence-corrected chi connectivity index (χ0v) is 19.3. The molecule has 9 heteroatoms. The molecule has 0 bridgehead atoms. The van der Waals surface area contributed by atoms with E-state index in [1.807, 2.05) is 48.5 Å². The molecule has 0 saturated carbocycles. The number of aromatic nitrogens is 1. The van der Waals surface area contributed by atoms with E-state index >= 15 is 0 Å². The minimum absolute atomic E-state index is 0.0178. The zero-order valence-electron chi connectivity index (χ0n) is 19.3. The van der Waals surface area contributed by atoms with Crippen LogP contribution in [0.15, 0.2) is 77.4 Å². The Morgan fingerprint density at radius 3 is 2.42 bits per heavy atom. The highest BCUT2D eigenvalue weighted by Crippen LogP contribution is 2.48. The molecule has 36 heavy (non-hydrogen) atoms. The molecule has 182 valence electrons. The summed E-state index contributed by atoms with van der Waals surface area (Å²) in [4.78, 5) is 23.5. The van der Waals surface area contributed by atoms with Crippen molar-refractivity contribution in [3.05, 3.63) is 84.1 Å². The number of rotatable bonds is 7. The number of aliphatic carboxylic acids is 1. The van der Waals surface area contributed by atoms with Gasteiger partial charge in [-0.3, -0.25) is 10.1 Å². The minimum Gasteiger partial charge on any atom is -0.481 e. The van der Waals surface area contributed by atoms with Crippen LogP contribution in [-0.4, -0.2) is 29.1 Å². The summed E-state index contributed by atoms with van der Waals surface area (Å²) >= 11 is 0. The van der Waals surface area contributed by atoms with Crippen molar-refractivity contribution < 1.29 is 33.4 Å². The molecule has 1 aliphatic rings. The van der Waals surface area contributed by atoms with Gasteiger partial charge in [0.1, 0.15) is 11.8 Å². The second-order valence-electron chi connectivity index (χ2n) is 8.14. The number of hydrogen-bond donors (Lipinski definition) is 2. The fourth-order valence-corrected chi connectivity index (χ4v) is 3.99. The number of amides is 1. The van der Waals surface area contributed by atoms with Gasteiger partial charge in [-0.05, 0) is 35.7 Å². The van der Waals surface area contributed by atoms with Gasteiger partial charge in [0.15, 0.2) is 17.3 Å². The number of carbonyl (C=O) groups is 2. The van der Waals surface area contributed by atoms with Crippen LogP contribution in [0.1, 0.15) is 24.2 Å². The Labute approximate surface area is 206 Å². The summed E-state index contributed by atoms with van der Waals surface area (Å²) in [6.45, 7) is 1.80. The highest BCUT2D eigenvalue weighted by Gasteiger charge is 2.27. The Morgan fingerprint density at radius 2 is 1.69 bits per heavy atom. The van der Waals surface area contributed by atoms with E-state index in [4.69, 9.17) is 23.8 Å². The second kappa shape index (κ2) is 9.83. The van der Waals surface area contributed by atoms with Crippen LogP contribution in [0, 0.1) is 0 Å². The maximum Gasteiger partial charge on any atom is 0.412 e. The molecule has 3 aromatic carbocycles. The van der Waals surface area contributed by atoms with E-state index in [-0.39, 0.29) is 13.2 Å². The van der Waals surface area contributed by atoms with Gasteiger partial charge in [0, 0.05) is 5.56 Å². The van der Waals surface area contributed by atoms with Gasteiger partial charge in [0.05, 0.1) is 18.2 Å². The van der Waals surface area contributed by atoms with Gasteiger partial charge in [-0.15, -0.1) is 0 Å². The first-order chi connectivity index (χ1) is 17.5. The van der Waals surface area contributed by atoms with E-state index in [0.29, 0.717) is 34.1 Å². The summed E-state index contributed by atoms with van der Waals surface area (Å²) < 4.78 is 22.4. The molecule has 0 saturated heterocycles. The normalized spacial score (nSPS) is 12.7. The summed E-state index contributed by atoms with van der Waals surface area (Å²) in [6, 6.07) is 20.2. The lowest BCUT2D eigenvalue weighted by atomic mass is 9.99. The number of nitrogens with zero attached hydrogens (tertiary/aromatic N) is 1. The number of carboxylic acid groups (broad SMARTS) is 1. The topological polar surface area (TPSA) is 120 Å². The molecule has 1 unspecified atom stereocenters. The molecule has 2 heterocycles. The average molecular weight is 486 g/mol. The third-order valence-corrected chi connectivity index (χ3v) is 5.74. The lowest BCUT2D eigenvalue weighted by Gasteiger charge is -2.14. The van der Waals surface area contributed by atoms with Crippen molar-refractivity contribution in [2.75, 3.05) is 12.1 Å². The maximum atomic E-state index is 12.5. The molecule has 1 aliphatic heterocycles. The maximum absolute atomic E-state index is 12.5. The number of benzene rings is 3. The Kier molecular flexibility index (Phi) is 6.27. The summed E-state index contributed by atoms with van der Waals surface area (Å²) in [5.41, 5.74) is 4.06. The van der Waals surface area contributed by atoms with Gasteiger partial charge in [-0.2, -0.15) is 0 Å². The number of hydrogen-bond acceptors (Lipinski definition) is 7. The van der Waals surface area contributed by atoms with E-state index < -0.39 is 18.2 Å². The molecule has 5 rings (SSSR count). The van der Waals surface area contributed by atoms with Crippen molar-refractivity contribution in [3.63, 3.8) is 0 Å². The number of anilines is 1. The van der Waals surface area contributed by atoms with Crippen molar-refractivity contribution in [1.82, 2.24) is 5.16 Å². The van der Waals surface area contributed by atoms with E-state index in [1.165, 1.54) is 6.20 Å². The molecule has 1 aromatic heterocycles. The number of ether oxygens (including phenoxy) is 3. The van der Waals surface area contributed by atoms with E-state index in [2.05, 4.69) is 10.5 Å². The third-order valence-electron chi connectivity index (χ3n) is 5.74. The number of fused-ring (bicyclic) bond motifs is 1. The van der Waals surface area contributed by atoms with E-state index in [0.717, 1.165) is 16.7 Å². The van der Waals surface area contributed by atoms with Crippen LogP contribution < -0.4 is 14.8 Å². The van der Waals surface area contributed by atoms with Crippen LogP contribution in [0.5, 0.6) is 11.5 Å². The van der Waals surface area contributed by atoms with Crippen LogP contribution >= 0.6 is 0 Å². The fourth-order valence-electron chi connectivity index (χ4n) is 3.99. The van der Waals surface area contributed by atoms with Gasteiger partial charge in [0.25, 0.3) is 0 Å². The Morgan fingerprint density at radius 1 is 1.00 bits per heavy atom. The molecule has 1 amide bonds. The highest BCUT2D eigenvalue weighted by atomic mass is 16.7. The van der Waals surface area contributed by atoms with Gasteiger partial charge >= 0.3 is 12.1 Å². The minimum atomic E-state index is -0.889. The first kappa shape index (κ1) is 23.0. The van der Waals surface area contributed by atoms with Crippen LogP contribution in [0.4, 0.5) is 10.5 Å². The number of carbonyl (C=O) groups excluding carboxylic acids is 1. The molecule has 2 N–H and O–H groups in total. The first-order valence-electron chi connectivity index (χ1n) is 11.2. The third kappa shape index (κ3) is 4.72. The fraction of sp³-hybridized carbons (Fsp3) is 0.148. The van der Waals surface area contributed by atoms with Crippen LogP contribution in [0.3, 0.4) is 0 Å². The molecule has 0 fully saturated rings. The molecule has 1 atom stereocenters. The Bertz CT molecular complexity index is 1400. The molecular formula is C27H22N2O7. The molecule has 0 aliphatic carbocycles. The van der Waals surface area contributed by atoms with Crippen LogP contribution in [0.25, 0.3) is 22.5 Å². The summed E-state index contributed by atoms with van der Waals surface area (Å²) in [5, 5.41) is 15.5. The number of nitrogens with one attached hydrogen (secondary N) is 1. The quantitative estimate of drug-likeness (QED) is 0.343. The largest absolute Gasteiger partial charge is 0.481 e. The second-order valence-corrected chi connectivity index (χ2v) is 8.14. The van der Waals surface area contributed by atoms with Crippen LogP contribution in [-0.2, 0) is 16.0 Å². The first-order valence-corrected chi connectivity index (χ1v) is 11.2. The molecular weight excluding hydrogens is 464 g/mol. The van der Waals surface area contributed by atoms with Gasteiger partial charge < -0.3 is 23.8 Å².